The molecule has 0 aliphatic rings. The summed E-state index contributed by atoms with van der Waals surface area (Å²) in [6, 6.07) is 18.8. The number of hydrogen-bond donors (Lipinski definition) is 1. The monoisotopic (exact) mass is 324 g/mol. The van der Waals surface area contributed by atoms with Crippen LogP contribution < -0.4 is 10.6 Å². The summed E-state index contributed by atoms with van der Waals surface area (Å²) in [6.07, 6.45) is 10.8. The first kappa shape index (κ1) is 18.4. The van der Waals surface area contributed by atoms with E-state index in [9.17, 15) is 0 Å². The molecule has 0 amide bonds. The maximum atomic E-state index is 5.84. The number of nitrogens with two attached hydrogens (primary N) is 1. The SMILES string of the molecule is CCCCCCCCCCN(c1ccccc1)c1ccc(N)cc1. The van der Waals surface area contributed by atoms with Crippen molar-refractivity contribution in [2.45, 2.75) is 58.3 Å². The average molecular weight is 325 g/mol. The Bertz CT molecular complexity index is 548. The maximum absolute atomic E-state index is 5.84. The van der Waals surface area contributed by atoms with Crippen molar-refractivity contribution >= 4 is 17.1 Å². The van der Waals surface area contributed by atoms with Gasteiger partial charge in [-0.15, -0.1) is 0 Å². The van der Waals surface area contributed by atoms with Crippen molar-refractivity contribution in [1.29, 1.82) is 0 Å². The normalized spacial score (nSPS) is 10.7. The van der Waals surface area contributed by atoms with E-state index in [-0.39, 0.29) is 0 Å². The number of para-hydroxylation sites is 1. The predicted molar refractivity (Wildman–Crippen MR) is 107 cm³/mol. The van der Waals surface area contributed by atoms with Crippen molar-refractivity contribution in [1.82, 2.24) is 0 Å². The fraction of sp³-hybridized carbons (Fsp3) is 0.455. The van der Waals surface area contributed by atoms with Crippen LogP contribution in [0.2, 0.25) is 0 Å². The Labute approximate surface area is 147 Å². The molecular formula is C22H32N2. The van der Waals surface area contributed by atoms with Crippen LogP contribution in [0.4, 0.5) is 17.1 Å². The van der Waals surface area contributed by atoms with Gasteiger partial charge in [0.25, 0.3) is 0 Å². The molecule has 2 aromatic rings. The van der Waals surface area contributed by atoms with Gasteiger partial charge in [-0.2, -0.15) is 0 Å². The summed E-state index contributed by atoms with van der Waals surface area (Å²) >= 11 is 0. The summed E-state index contributed by atoms with van der Waals surface area (Å²) in [5.74, 6) is 0. The van der Waals surface area contributed by atoms with Gasteiger partial charge < -0.3 is 10.6 Å². The molecule has 0 aliphatic carbocycles. The van der Waals surface area contributed by atoms with E-state index in [1.165, 1.54) is 62.7 Å². The first-order valence-corrected chi connectivity index (χ1v) is 9.49. The Balaban J connectivity index is 1.85. The van der Waals surface area contributed by atoms with Gasteiger partial charge in [-0.1, -0.05) is 70.1 Å². The smallest absolute Gasteiger partial charge is 0.0412 e. The topological polar surface area (TPSA) is 29.3 Å². The highest BCUT2D eigenvalue weighted by Gasteiger charge is 2.08. The molecule has 0 saturated carbocycles. The zero-order chi connectivity index (χ0) is 17.0. The van der Waals surface area contributed by atoms with Crippen LogP contribution >= 0.6 is 0 Å². The van der Waals surface area contributed by atoms with E-state index >= 15 is 0 Å². The third-order valence-corrected chi connectivity index (χ3v) is 4.51. The molecule has 2 rings (SSSR count). The van der Waals surface area contributed by atoms with Gasteiger partial charge in [-0.25, -0.2) is 0 Å². The van der Waals surface area contributed by atoms with E-state index in [1.807, 2.05) is 12.1 Å². The second-order valence-corrected chi connectivity index (χ2v) is 6.55. The maximum Gasteiger partial charge on any atom is 0.0412 e. The molecule has 0 radical (unpaired) electrons. The third kappa shape index (κ3) is 6.27. The average Bonchev–Trinajstić information content (AvgIpc) is 2.62. The fourth-order valence-electron chi connectivity index (χ4n) is 3.07. The summed E-state index contributed by atoms with van der Waals surface area (Å²) in [4.78, 5) is 2.40. The summed E-state index contributed by atoms with van der Waals surface area (Å²) in [5, 5.41) is 0. The Hall–Kier alpha value is -1.96. The summed E-state index contributed by atoms with van der Waals surface area (Å²) in [5.41, 5.74) is 9.13. The number of anilines is 3. The van der Waals surface area contributed by atoms with Crippen LogP contribution in [0.5, 0.6) is 0 Å². The molecule has 0 heterocycles. The Morgan fingerprint density at radius 3 is 1.83 bits per heavy atom. The standard InChI is InChI=1S/C22H32N2/c1-2-3-4-5-6-7-8-12-19-24(21-13-10-9-11-14-21)22-17-15-20(23)16-18-22/h9-11,13-18H,2-8,12,19,23H2,1H3. The van der Waals surface area contributed by atoms with Gasteiger partial charge in [0, 0.05) is 23.6 Å². The molecular weight excluding hydrogens is 292 g/mol. The van der Waals surface area contributed by atoms with Crippen LogP contribution in [-0.2, 0) is 0 Å². The van der Waals surface area contributed by atoms with Crippen molar-refractivity contribution in [3.8, 4) is 0 Å². The van der Waals surface area contributed by atoms with E-state index in [2.05, 4.69) is 54.3 Å². The van der Waals surface area contributed by atoms with Gasteiger partial charge in [0.2, 0.25) is 0 Å². The lowest BCUT2D eigenvalue weighted by molar-refractivity contribution is 0.577. The van der Waals surface area contributed by atoms with Crippen molar-refractivity contribution in [2.24, 2.45) is 0 Å². The number of nitrogens with zero attached hydrogens (tertiary/aromatic N) is 1. The van der Waals surface area contributed by atoms with E-state index < -0.39 is 0 Å². The first-order chi connectivity index (χ1) is 11.8. The molecule has 0 bridgehead atoms. The van der Waals surface area contributed by atoms with E-state index in [1.54, 1.807) is 0 Å². The van der Waals surface area contributed by atoms with Gasteiger partial charge in [0.1, 0.15) is 0 Å². The summed E-state index contributed by atoms with van der Waals surface area (Å²) < 4.78 is 0. The highest BCUT2D eigenvalue weighted by molar-refractivity contribution is 5.64. The Morgan fingerprint density at radius 1 is 0.667 bits per heavy atom. The molecule has 2 N–H and O–H groups in total. The van der Waals surface area contributed by atoms with E-state index in [4.69, 9.17) is 5.73 Å². The van der Waals surface area contributed by atoms with Gasteiger partial charge in [0.05, 0.1) is 0 Å². The lowest BCUT2D eigenvalue weighted by Crippen LogP contribution is -2.18. The fourth-order valence-corrected chi connectivity index (χ4v) is 3.07. The minimum atomic E-state index is 0.818. The number of nitrogen functional groups attached to an aromatic ring is 1. The van der Waals surface area contributed by atoms with Crippen LogP contribution in [0, 0.1) is 0 Å². The van der Waals surface area contributed by atoms with Crippen molar-refractivity contribution in [3.63, 3.8) is 0 Å². The molecule has 2 aromatic carbocycles. The second kappa shape index (κ2) is 10.7. The minimum Gasteiger partial charge on any atom is -0.399 e. The van der Waals surface area contributed by atoms with E-state index in [0.29, 0.717) is 0 Å². The Kier molecular flexibility index (Phi) is 8.23. The number of rotatable bonds is 11. The number of unbranched alkanes of at least 4 members (excludes halogenated alkanes) is 7. The minimum absolute atomic E-state index is 0.818. The van der Waals surface area contributed by atoms with Crippen LogP contribution in [0.3, 0.4) is 0 Å². The highest BCUT2D eigenvalue weighted by atomic mass is 15.1. The van der Waals surface area contributed by atoms with E-state index in [0.717, 1.165) is 12.2 Å². The molecule has 0 atom stereocenters. The largest absolute Gasteiger partial charge is 0.399 e. The van der Waals surface area contributed by atoms with Crippen molar-refractivity contribution in [3.05, 3.63) is 54.6 Å². The molecule has 0 spiro atoms. The summed E-state index contributed by atoms with van der Waals surface area (Å²) in [6.45, 7) is 3.33. The predicted octanol–water partition coefficient (Wildman–Crippen LogP) is 6.55. The second-order valence-electron chi connectivity index (χ2n) is 6.55. The molecule has 0 saturated heterocycles. The van der Waals surface area contributed by atoms with Gasteiger partial charge in [-0.05, 0) is 42.8 Å². The molecule has 0 fully saturated rings. The number of hydrogen-bond acceptors (Lipinski definition) is 2. The van der Waals surface area contributed by atoms with Crippen LogP contribution in [0.25, 0.3) is 0 Å². The molecule has 0 aliphatic heterocycles. The number of benzene rings is 2. The van der Waals surface area contributed by atoms with Crippen LogP contribution in [0.1, 0.15) is 58.3 Å². The van der Waals surface area contributed by atoms with Gasteiger partial charge in [-0.3, -0.25) is 0 Å². The molecule has 0 aromatic heterocycles. The van der Waals surface area contributed by atoms with Crippen molar-refractivity contribution in [2.75, 3.05) is 17.2 Å². The quantitative estimate of drug-likeness (QED) is 0.375. The molecule has 24 heavy (non-hydrogen) atoms. The van der Waals surface area contributed by atoms with Crippen LogP contribution in [0.15, 0.2) is 54.6 Å². The molecule has 2 nitrogen and oxygen atoms in total. The third-order valence-electron chi connectivity index (χ3n) is 4.51. The molecule has 0 unspecified atom stereocenters. The lowest BCUT2D eigenvalue weighted by Gasteiger charge is -2.25. The van der Waals surface area contributed by atoms with Gasteiger partial charge in [0.15, 0.2) is 0 Å². The lowest BCUT2D eigenvalue weighted by atomic mass is 10.1. The van der Waals surface area contributed by atoms with Gasteiger partial charge >= 0.3 is 0 Å². The Morgan fingerprint density at radius 2 is 1.21 bits per heavy atom. The first-order valence-electron chi connectivity index (χ1n) is 9.49. The highest BCUT2D eigenvalue weighted by Crippen LogP contribution is 2.26. The van der Waals surface area contributed by atoms with Crippen molar-refractivity contribution < 1.29 is 0 Å². The molecule has 2 heteroatoms. The summed E-state index contributed by atoms with van der Waals surface area (Å²) in [7, 11) is 0. The zero-order valence-corrected chi connectivity index (χ0v) is 15.1. The van der Waals surface area contributed by atoms with Crippen LogP contribution in [-0.4, -0.2) is 6.54 Å². The molecule has 130 valence electrons. The zero-order valence-electron chi connectivity index (χ0n) is 15.1.